The lowest BCUT2D eigenvalue weighted by Gasteiger charge is -2.19. The fourth-order valence-electron chi connectivity index (χ4n) is 1.57. The molecule has 0 radical (unpaired) electrons. The first kappa shape index (κ1) is 15.5. The van der Waals surface area contributed by atoms with Crippen LogP contribution in [0.4, 0.5) is 5.69 Å². The van der Waals surface area contributed by atoms with Crippen LogP contribution in [-0.2, 0) is 4.79 Å². The van der Waals surface area contributed by atoms with Gasteiger partial charge in [0.05, 0.1) is 10.7 Å². The number of rotatable bonds is 6. The van der Waals surface area contributed by atoms with Gasteiger partial charge in [0, 0.05) is 30.6 Å². The maximum atomic E-state index is 11.8. The van der Waals surface area contributed by atoms with E-state index in [1.54, 1.807) is 24.1 Å². The number of nitro groups is 1. The molecule has 0 saturated carbocycles. The van der Waals surface area contributed by atoms with Crippen molar-refractivity contribution >= 4 is 23.4 Å². The summed E-state index contributed by atoms with van der Waals surface area (Å²) in [4.78, 5) is 24.5. The second-order valence-corrected chi connectivity index (χ2v) is 5.76. The largest absolute Gasteiger partial charge is 0.345 e. The fourth-order valence-corrected chi connectivity index (χ4v) is 2.41. The molecular formula is C13H18N2O3S. The van der Waals surface area contributed by atoms with Crippen molar-refractivity contribution < 1.29 is 9.72 Å². The van der Waals surface area contributed by atoms with Crippen molar-refractivity contribution in [2.45, 2.75) is 18.7 Å². The van der Waals surface area contributed by atoms with E-state index in [2.05, 4.69) is 13.8 Å². The van der Waals surface area contributed by atoms with E-state index < -0.39 is 4.92 Å². The first-order valence-electron chi connectivity index (χ1n) is 6.01. The summed E-state index contributed by atoms with van der Waals surface area (Å²) in [6.45, 7) is 4.86. The van der Waals surface area contributed by atoms with E-state index in [-0.39, 0.29) is 11.6 Å². The van der Waals surface area contributed by atoms with Gasteiger partial charge in [-0.25, -0.2) is 0 Å². The normalized spacial score (nSPS) is 10.5. The summed E-state index contributed by atoms with van der Waals surface area (Å²) in [5.74, 6) is 0.858. The summed E-state index contributed by atoms with van der Waals surface area (Å²) in [5, 5.41) is 10.5. The molecule has 0 spiro atoms. The average Bonchev–Trinajstić information content (AvgIpc) is 2.35. The topological polar surface area (TPSA) is 63.5 Å². The molecule has 0 aromatic heterocycles. The molecule has 104 valence electrons. The van der Waals surface area contributed by atoms with E-state index >= 15 is 0 Å². The number of nitro benzene ring substituents is 1. The van der Waals surface area contributed by atoms with Gasteiger partial charge in [0.25, 0.3) is 5.69 Å². The van der Waals surface area contributed by atoms with Crippen molar-refractivity contribution in [3.8, 4) is 0 Å². The number of carbonyl (C=O) groups excluding carboxylic acids is 1. The molecule has 1 rings (SSSR count). The van der Waals surface area contributed by atoms with Crippen molar-refractivity contribution in [3.05, 3.63) is 34.4 Å². The van der Waals surface area contributed by atoms with Gasteiger partial charge < -0.3 is 4.90 Å². The van der Waals surface area contributed by atoms with Gasteiger partial charge in [0.1, 0.15) is 0 Å². The number of thioether (sulfide) groups is 1. The Bertz CT molecular complexity index is 446. The molecule has 0 N–H and O–H groups in total. The van der Waals surface area contributed by atoms with Crippen LogP contribution in [-0.4, -0.2) is 35.1 Å². The van der Waals surface area contributed by atoms with Gasteiger partial charge in [0.2, 0.25) is 5.91 Å². The lowest BCUT2D eigenvalue weighted by Crippen LogP contribution is -2.31. The zero-order valence-electron chi connectivity index (χ0n) is 11.3. The molecule has 0 bridgehead atoms. The molecule has 0 unspecified atom stereocenters. The van der Waals surface area contributed by atoms with Crippen LogP contribution in [0.15, 0.2) is 29.2 Å². The van der Waals surface area contributed by atoms with E-state index in [9.17, 15) is 14.9 Å². The molecule has 0 atom stereocenters. The monoisotopic (exact) mass is 282 g/mol. The van der Waals surface area contributed by atoms with Gasteiger partial charge in [0.15, 0.2) is 0 Å². The van der Waals surface area contributed by atoms with Crippen molar-refractivity contribution in [3.63, 3.8) is 0 Å². The van der Waals surface area contributed by atoms with Crippen LogP contribution in [0.1, 0.15) is 13.8 Å². The van der Waals surface area contributed by atoms with Gasteiger partial charge in [-0.05, 0) is 18.1 Å². The highest BCUT2D eigenvalue weighted by molar-refractivity contribution is 8.00. The first-order valence-corrected chi connectivity index (χ1v) is 7.00. The number of carbonyl (C=O) groups is 1. The van der Waals surface area contributed by atoms with Crippen molar-refractivity contribution in [2.24, 2.45) is 5.92 Å². The smallest absolute Gasteiger partial charge is 0.269 e. The minimum absolute atomic E-state index is 0.0626. The molecule has 0 fully saturated rings. The van der Waals surface area contributed by atoms with E-state index in [1.165, 1.54) is 23.9 Å². The van der Waals surface area contributed by atoms with Gasteiger partial charge >= 0.3 is 0 Å². The molecule has 1 aromatic carbocycles. The number of non-ortho nitro benzene ring substituents is 1. The number of nitrogens with zero attached hydrogens (tertiary/aromatic N) is 2. The third-order valence-electron chi connectivity index (χ3n) is 2.47. The summed E-state index contributed by atoms with van der Waals surface area (Å²) in [6, 6.07) is 6.23. The molecule has 0 heterocycles. The Morgan fingerprint density at radius 2 is 1.95 bits per heavy atom. The highest BCUT2D eigenvalue weighted by Gasteiger charge is 2.11. The van der Waals surface area contributed by atoms with Crippen LogP contribution >= 0.6 is 11.8 Å². The molecule has 0 aliphatic carbocycles. The lowest BCUT2D eigenvalue weighted by atomic mass is 10.2. The Labute approximate surface area is 117 Å². The maximum Gasteiger partial charge on any atom is 0.269 e. The molecule has 1 amide bonds. The number of amides is 1. The van der Waals surface area contributed by atoms with E-state index in [4.69, 9.17) is 0 Å². The van der Waals surface area contributed by atoms with Crippen molar-refractivity contribution in [1.29, 1.82) is 0 Å². The van der Waals surface area contributed by atoms with Gasteiger partial charge in [-0.2, -0.15) is 0 Å². The first-order chi connectivity index (χ1) is 8.90. The van der Waals surface area contributed by atoms with Gasteiger partial charge in [-0.3, -0.25) is 14.9 Å². The van der Waals surface area contributed by atoms with E-state index in [1.807, 2.05) is 0 Å². The molecule has 5 nitrogen and oxygen atoms in total. The quantitative estimate of drug-likeness (QED) is 0.457. The SMILES string of the molecule is CC(C)CN(C)C(=O)CSc1ccc([N+](=O)[O-])cc1. The second kappa shape index (κ2) is 7.13. The van der Waals surface area contributed by atoms with Crippen LogP contribution in [0.25, 0.3) is 0 Å². The fraction of sp³-hybridized carbons (Fsp3) is 0.462. The standard InChI is InChI=1S/C13H18N2O3S/c1-10(2)8-14(3)13(16)9-19-12-6-4-11(5-7-12)15(17)18/h4-7,10H,8-9H2,1-3H3. The molecular weight excluding hydrogens is 264 g/mol. The Kier molecular flexibility index (Phi) is 5.82. The minimum atomic E-state index is -0.435. The van der Waals surface area contributed by atoms with Crippen LogP contribution in [0.3, 0.4) is 0 Å². The molecule has 0 saturated heterocycles. The summed E-state index contributed by atoms with van der Waals surface area (Å²) >= 11 is 1.39. The molecule has 19 heavy (non-hydrogen) atoms. The summed E-state index contributed by atoms with van der Waals surface area (Å²) < 4.78 is 0. The average molecular weight is 282 g/mol. The van der Waals surface area contributed by atoms with E-state index in [0.717, 1.165) is 11.4 Å². The zero-order valence-corrected chi connectivity index (χ0v) is 12.1. The predicted octanol–water partition coefficient (Wildman–Crippen LogP) is 2.80. The molecule has 0 aliphatic heterocycles. The summed E-state index contributed by atoms with van der Waals surface area (Å²) in [6.07, 6.45) is 0. The highest BCUT2D eigenvalue weighted by atomic mass is 32.2. The summed E-state index contributed by atoms with van der Waals surface area (Å²) in [5.41, 5.74) is 0.0626. The van der Waals surface area contributed by atoms with Crippen molar-refractivity contribution in [1.82, 2.24) is 4.90 Å². The minimum Gasteiger partial charge on any atom is -0.345 e. The highest BCUT2D eigenvalue weighted by Crippen LogP contribution is 2.21. The van der Waals surface area contributed by atoms with Gasteiger partial charge in [-0.1, -0.05) is 13.8 Å². The Morgan fingerprint density at radius 1 is 1.37 bits per heavy atom. The van der Waals surface area contributed by atoms with Crippen molar-refractivity contribution in [2.75, 3.05) is 19.3 Å². The number of hydrogen-bond acceptors (Lipinski definition) is 4. The zero-order chi connectivity index (χ0) is 14.4. The number of benzene rings is 1. The van der Waals surface area contributed by atoms with Crippen LogP contribution in [0, 0.1) is 16.0 Å². The second-order valence-electron chi connectivity index (χ2n) is 4.71. The Balaban J connectivity index is 2.48. The Hall–Kier alpha value is -1.56. The van der Waals surface area contributed by atoms with Gasteiger partial charge in [-0.15, -0.1) is 11.8 Å². The lowest BCUT2D eigenvalue weighted by molar-refractivity contribution is -0.384. The molecule has 6 heteroatoms. The predicted molar refractivity (Wildman–Crippen MR) is 76.3 cm³/mol. The Morgan fingerprint density at radius 3 is 2.42 bits per heavy atom. The number of hydrogen-bond donors (Lipinski definition) is 0. The van der Waals surface area contributed by atoms with Crippen LogP contribution in [0.5, 0.6) is 0 Å². The van der Waals surface area contributed by atoms with E-state index in [0.29, 0.717) is 11.7 Å². The van der Waals surface area contributed by atoms with Crippen LogP contribution < -0.4 is 0 Å². The maximum absolute atomic E-state index is 11.8. The third-order valence-corrected chi connectivity index (χ3v) is 3.47. The van der Waals surface area contributed by atoms with Crippen LogP contribution in [0.2, 0.25) is 0 Å². The molecule has 0 aliphatic rings. The third kappa shape index (κ3) is 5.30. The summed E-state index contributed by atoms with van der Waals surface area (Å²) in [7, 11) is 1.79. The molecule has 1 aromatic rings.